The molecule has 0 spiro atoms. The van der Waals surface area contributed by atoms with E-state index < -0.39 is 0 Å². The first kappa shape index (κ1) is 9.89. The molecule has 4 rings (SSSR count). The summed E-state index contributed by atoms with van der Waals surface area (Å²) < 4.78 is 0. The monoisotopic (exact) mass is 206 g/mol. The number of aliphatic hydroxyl groups is 1. The highest BCUT2D eigenvalue weighted by Crippen LogP contribution is 2.79. The molecule has 4 aliphatic rings. The normalized spacial score (nSPS) is 51.3. The minimum Gasteiger partial charge on any atom is -0.392 e. The molecular formula is C14H22O. The van der Waals surface area contributed by atoms with Crippen LogP contribution < -0.4 is 0 Å². The summed E-state index contributed by atoms with van der Waals surface area (Å²) in [4.78, 5) is 0. The largest absolute Gasteiger partial charge is 0.392 e. The molecule has 0 aromatic heterocycles. The molecule has 15 heavy (non-hydrogen) atoms. The van der Waals surface area contributed by atoms with Crippen LogP contribution in [0.1, 0.15) is 39.5 Å². The van der Waals surface area contributed by atoms with Crippen LogP contribution in [0.5, 0.6) is 0 Å². The van der Waals surface area contributed by atoms with Crippen LogP contribution >= 0.6 is 0 Å². The number of aliphatic hydroxyl groups excluding tert-OH is 1. The molecular weight excluding hydrogens is 184 g/mol. The average molecular weight is 206 g/mol. The second-order valence-electron chi connectivity index (χ2n) is 6.27. The van der Waals surface area contributed by atoms with Crippen LogP contribution in [0.3, 0.4) is 0 Å². The molecule has 1 heteroatoms. The van der Waals surface area contributed by atoms with Crippen LogP contribution in [0.15, 0.2) is 11.6 Å². The molecule has 0 aromatic rings. The third-order valence-electron chi connectivity index (χ3n) is 5.56. The Hall–Kier alpha value is -0.300. The van der Waals surface area contributed by atoms with Crippen molar-refractivity contribution < 1.29 is 5.11 Å². The Morgan fingerprint density at radius 2 is 2.07 bits per heavy atom. The third kappa shape index (κ3) is 1.25. The molecule has 3 atom stereocenters. The summed E-state index contributed by atoms with van der Waals surface area (Å²) in [6, 6.07) is 0. The first-order valence-corrected chi connectivity index (χ1v) is 6.43. The molecule has 3 unspecified atom stereocenters. The summed E-state index contributed by atoms with van der Waals surface area (Å²) in [5.41, 5.74) is 1.80. The van der Waals surface area contributed by atoms with Crippen molar-refractivity contribution in [2.75, 3.05) is 6.61 Å². The van der Waals surface area contributed by atoms with Gasteiger partial charge in [0, 0.05) is 0 Å². The van der Waals surface area contributed by atoms with Crippen LogP contribution in [-0.4, -0.2) is 11.7 Å². The Labute approximate surface area is 92.6 Å². The lowest BCUT2D eigenvalue weighted by Gasteiger charge is -2.28. The predicted molar refractivity (Wildman–Crippen MR) is 61.4 cm³/mol. The van der Waals surface area contributed by atoms with E-state index in [-0.39, 0.29) is 6.61 Å². The first-order chi connectivity index (χ1) is 7.16. The summed E-state index contributed by atoms with van der Waals surface area (Å²) in [5, 5.41) is 8.94. The predicted octanol–water partition coefficient (Wildman–Crippen LogP) is 3.00. The highest BCUT2D eigenvalue weighted by atomic mass is 16.3. The van der Waals surface area contributed by atoms with Crippen LogP contribution in [0.4, 0.5) is 0 Å². The van der Waals surface area contributed by atoms with Crippen molar-refractivity contribution >= 4 is 0 Å². The number of hydrogen-bond acceptors (Lipinski definition) is 1. The molecule has 1 nitrogen and oxygen atoms in total. The molecule has 0 aliphatic heterocycles. The van der Waals surface area contributed by atoms with E-state index in [4.69, 9.17) is 5.11 Å². The van der Waals surface area contributed by atoms with E-state index in [0.29, 0.717) is 5.41 Å². The zero-order valence-corrected chi connectivity index (χ0v) is 9.87. The first-order valence-electron chi connectivity index (χ1n) is 6.43. The Kier molecular flexibility index (Phi) is 2.04. The van der Waals surface area contributed by atoms with E-state index in [1.807, 2.05) is 6.92 Å². The highest BCUT2D eigenvalue weighted by molar-refractivity contribution is 5.21. The van der Waals surface area contributed by atoms with Crippen molar-refractivity contribution in [1.82, 2.24) is 0 Å². The molecule has 0 amide bonds. The van der Waals surface area contributed by atoms with Crippen molar-refractivity contribution in [2.45, 2.75) is 39.5 Å². The smallest absolute Gasteiger partial charge is 0.0639 e. The second kappa shape index (κ2) is 3.10. The molecule has 4 aliphatic carbocycles. The van der Waals surface area contributed by atoms with Crippen molar-refractivity contribution in [1.29, 1.82) is 0 Å². The lowest BCUT2D eigenvalue weighted by molar-refractivity contribution is 0.218. The molecule has 0 saturated heterocycles. The molecule has 84 valence electrons. The Morgan fingerprint density at radius 3 is 2.53 bits per heavy atom. The van der Waals surface area contributed by atoms with E-state index >= 15 is 0 Å². The van der Waals surface area contributed by atoms with Gasteiger partial charge in [0.25, 0.3) is 0 Å². The topological polar surface area (TPSA) is 20.2 Å². The quantitative estimate of drug-likeness (QED) is 0.701. The standard InChI is InChI=1S/C14H22O/c1-9(8-15)4-3-5-14(2)10-6-11-12(7-10)13(11)14/h4,10-13,15H,3,5-8H2,1-2H3/b9-4+. The third-order valence-corrected chi connectivity index (χ3v) is 5.56. The lowest BCUT2D eigenvalue weighted by Crippen LogP contribution is -2.20. The molecule has 0 aromatic carbocycles. The summed E-state index contributed by atoms with van der Waals surface area (Å²) in [6.45, 7) is 4.78. The van der Waals surface area contributed by atoms with Gasteiger partial charge in [0.15, 0.2) is 0 Å². The average Bonchev–Trinajstić information content (AvgIpc) is 2.57. The van der Waals surface area contributed by atoms with Crippen LogP contribution in [0.25, 0.3) is 0 Å². The van der Waals surface area contributed by atoms with Gasteiger partial charge in [0.2, 0.25) is 0 Å². The fraction of sp³-hybridized carbons (Fsp3) is 0.857. The minimum absolute atomic E-state index is 0.231. The van der Waals surface area contributed by atoms with Crippen LogP contribution in [0.2, 0.25) is 0 Å². The van der Waals surface area contributed by atoms with Crippen molar-refractivity contribution in [3.8, 4) is 0 Å². The highest BCUT2D eigenvalue weighted by Gasteiger charge is 2.72. The van der Waals surface area contributed by atoms with Gasteiger partial charge in [-0.15, -0.1) is 0 Å². The maximum Gasteiger partial charge on any atom is 0.0639 e. The summed E-state index contributed by atoms with van der Waals surface area (Å²) in [5.74, 6) is 4.39. The maximum absolute atomic E-state index is 8.94. The summed E-state index contributed by atoms with van der Waals surface area (Å²) in [7, 11) is 0. The maximum atomic E-state index is 8.94. The van der Waals surface area contributed by atoms with Gasteiger partial charge in [-0.05, 0) is 61.7 Å². The fourth-order valence-electron chi connectivity index (χ4n) is 4.69. The van der Waals surface area contributed by atoms with Crippen LogP contribution in [0, 0.1) is 29.1 Å². The molecule has 0 radical (unpaired) electrons. The van der Waals surface area contributed by atoms with Crippen molar-refractivity contribution in [3.05, 3.63) is 11.6 Å². The minimum atomic E-state index is 0.231. The van der Waals surface area contributed by atoms with Crippen molar-refractivity contribution in [3.63, 3.8) is 0 Å². The molecule has 4 fully saturated rings. The molecule has 4 saturated carbocycles. The Bertz CT molecular complexity index is 290. The van der Waals surface area contributed by atoms with Gasteiger partial charge in [0.1, 0.15) is 0 Å². The zero-order chi connectivity index (χ0) is 10.6. The molecule has 4 bridgehead atoms. The van der Waals surface area contributed by atoms with Gasteiger partial charge in [0.05, 0.1) is 6.61 Å². The van der Waals surface area contributed by atoms with Gasteiger partial charge in [-0.2, -0.15) is 0 Å². The lowest BCUT2D eigenvalue weighted by atomic mass is 9.77. The van der Waals surface area contributed by atoms with Gasteiger partial charge < -0.3 is 5.11 Å². The van der Waals surface area contributed by atoms with Gasteiger partial charge in [-0.25, -0.2) is 0 Å². The summed E-state index contributed by atoms with van der Waals surface area (Å²) >= 11 is 0. The molecule has 0 heterocycles. The number of hydrogen-bond donors (Lipinski definition) is 1. The molecule has 1 N–H and O–H groups in total. The number of rotatable bonds is 4. The van der Waals surface area contributed by atoms with Crippen LogP contribution in [-0.2, 0) is 0 Å². The van der Waals surface area contributed by atoms with Crippen molar-refractivity contribution in [2.24, 2.45) is 29.1 Å². The van der Waals surface area contributed by atoms with E-state index in [0.717, 1.165) is 29.2 Å². The fourth-order valence-corrected chi connectivity index (χ4v) is 4.69. The second-order valence-corrected chi connectivity index (χ2v) is 6.27. The van der Waals surface area contributed by atoms with E-state index in [9.17, 15) is 0 Å². The zero-order valence-electron chi connectivity index (χ0n) is 9.87. The van der Waals surface area contributed by atoms with Gasteiger partial charge >= 0.3 is 0 Å². The van der Waals surface area contributed by atoms with Gasteiger partial charge in [-0.1, -0.05) is 18.6 Å². The SMILES string of the molecule is C/C(=C\CCC1(C)C2CC3C(C2)C31)CO. The van der Waals surface area contributed by atoms with E-state index in [1.165, 1.54) is 25.7 Å². The van der Waals surface area contributed by atoms with E-state index in [2.05, 4.69) is 13.0 Å². The Morgan fingerprint density at radius 1 is 1.40 bits per heavy atom. The van der Waals surface area contributed by atoms with E-state index in [1.54, 1.807) is 0 Å². The number of allylic oxidation sites excluding steroid dienone is 1. The summed E-state index contributed by atoms with van der Waals surface area (Å²) in [6.07, 6.45) is 7.84. The van der Waals surface area contributed by atoms with Gasteiger partial charge in [-0.3, -0.25) is 0 Å². The Balaban J connectivity index is 1.60.